The maximum Gasteiger partial charge on any atom is 0.243 e. The van der Waals surface area contributed by atoms with Gasteiger partial charge in [-0.3, -0.25) is 0 Å². The zero-order valence-corrected chi connectivity index (χ0v) is 13.9. The Balaban J connectivity index is 2.72. The Morgan fingerprint density at radius 3 is 2.00 bits per heavy atom. The fourth-order valence-electron chi connectivity index (χ4n) is 2.23. The molecule has 0 radical (unpaired) electrons. The lowest BCUT2D eigenvalue weighted by molar-refractivity contribution is 0.285. The van der Waals surface area contributed by atoms with Gasteiger partial charge in [-0.15, -0.1) is 0 Å². The standard InChI is InChI=1S/C15H26N2O3S/c1-4-16(5-2)12-7-13-17(6-3)21(19,20)15-10-8-14(18)9-11-15/h8-11,18H,4-7,12-13H2,1-3H3. The maximum absolute atomic E-state index is 12.5. The highest BCUT2D eigenvalue weighted by molar-refractivity contribution is 7.89. The number of sulfonamides is 1. The van der Waals surface area contributed by atoms with Crippen molar-refractivity contribution in [1.29, 1.82) is 0 Å². The van der Waals surface area contributed by atoms with Crippen molar-refractivity contribution in [3.63, 3.8) is 0 Å². The number of hydrogen-bond acceptors (Lipinski definition) is 4. The van der Waals surface area contributed by atoms with Crippen LogP contribution in [0, 0.1) is 0 Å². The summed E-state index contributed by atoms with van der Waals surface area (Å²) in [5.74, 6) is 0.0681. The number of phenols is 1. The molecule has 6 heteroatoms. The highest BCUT2D eigenvalue weighted by Crippen LogP contribution is 2.18. The quantitative estimate of drug-likeness (QED) is 0.758. The van der Waals surface area contributed by atoms with E-state index in [0.717, 1.165) is 26.1 Å². The summed E-state index contributed by atoms with van der Waals surface area (Å²) in [6, 6.07) is 5.68. The Kier molecular flexibility index (Phi) is 7.14. The monoisotopic (exact) mass is 314 g/mol. The summed E-state index contributed by atoms with van der Waals surface area (Å²) in [5.41, 5.74) is 0. The van der Waals surface area contributed by atoms with E-state index in [4.69, 9.17) is 0 Å². The highest BCUT2D eigenvalue weighted by atomic mass is 32.2. The van der Waals surface area contributed by atoms with Crippen LogP contribution >= 0.6 is 0 Å². The Bertz CT molecular complexity index is 510. The molecular formula is C15H26N2O3S. The number of hydrogen-bond donors (Lipinski definition) is 1. The van der Waals surface area contributed by atoms with Crippen LogP contribution in [0.2, 0.25) is 0 Å². The summed E-state index contributed by atoms with van der Waals surface area (Å²) in [5, 5.41) is 9.26. The van der Waals surface area contributed by atoms with E-state index in [9.17, 15) is 13.5 Å². The predicted molar refractivity (Wildman–Crippen MR) is 84.9 cm³/mol. The minimum atomic E-state index is -3.48. The van der Waals surface area contributed by atoms with Crippen molar-refractivity contribution in [3.8, 4) is 5.75 Å². The maximum atomic E-state index is 12.5. The van der Waals surface area contributed by atoms with Gasteiger partial charge in [0, 0.05) is 13.1 Å². The molecule has 0 aliphatic rings. The second kappa shape index (κ2) is 8.36. The third-order valence-electron chi connectivity index (χ3n) is 3.60. The van der Waals surface area contributed by atoms with Crippen LogP contribution < -0.4 is 0 Å². The first kappa shape index (κ1) is 17.9. The molecule has 0 saturated carbocycles. The van der Waals surface area contributed by atoms with E-state index in [0.29, 0.717) is 13.1 Å². The lowest BCUT2D eigenvalue weighted by Crippen LogP contribution is -2.34. The van der Waals surface area contributed by atoms with Crippen molar-refractivity contribution in [2.45, 2.75) is 32.1 Å². The van der Waals surface area contributed by atoms with Crippen LogP contribution in [0.25, 0.3) is 0 Å². The third-order valence-corrected chi connectivity index (χ3v) is 5.59. The molecule has 120 valence electrons. The van der Waals surface area contributed by atoms with Gasteiger partial charge >= 0.3 is 0 Å². The first-order valence-corrected chi connectivity index (χ1v) is 8.91. The van der Waals surface area contributed by atoms with Gasteiger partial charge in [0.25, 0.3) is 0 Å². The van der Waals surface area contributed by atoms with Gasteiger partial charge in [-0.1, -0.05) is 20.8 Å². The molecule has 0 saturated heterocycles. The van der Waals surface area contributed by atoms with Crippen LogP contribution in [0.1, 0.15) is 27.2 Å². The highest BCUT2D eigenvalue weighted by Gasteiger charge is 2.22. The molecule has 1 aromatic rings. The molecule has 1 N–H and O–H groups in total. The van der Waals surface area contributed by atoms with Gasteiger partial charge in [0.2, 0.25) is 10.0 Å². The summed E-state index contributed by atoms with van der Waals surface area (Å²) in [6.07, 6.45) is 0.812. The topological polar surface area (TPSA) is 60.9 Å². The zero-order valence-electron chi connectivity index (χ0n) is 13.1. The molecule has 5 nitrogen and oxygen atoms in total. The summed E-state index contributed by atoms with van der Waals surface area (Å²) in [4.78, 5) is 2.51. The predicted octanol–water partition coefficient (Wildman–Crippen LogP) is 2.13. The van der Waals surface area contributed by atoms with Crippen LogP contribution in [-0.2, 0) is 10.0 Å². The molecule has 0 fully saturated rings. The van der Waals surface area contributed by atoms with Crippen molar-refractivity contribution in [3.05, 3.63) is 24.3 Å². The van der Waals surface area contributed by atoms with Crippen LogP contribution in [0.4, 0.5) is 0 Å². The summed E-state index contributed by atoms with van der Waals surface area (Å²) >= 11 is 0. The van der Waals surface area contributed by atoms with Crippen LogP contribution in [-0.4, -0.2) is 55.5 Å². The van der Waals surface area contributed by atoms with Gasteiger partial charge in [0.05, 0.1) is 4.90 Å². The molecule has 0 heterocycles. The third kappa shape index (κ3) is 4.98. The van der Waals surface area contributed by atoms with E-state index in [1.807, 2.05) is 6.92 Å². The van der Waals surface area contributed by atoms with Crippen LogP contribution in [0.5, 0.6) is 5.75 Å². The largest absolute Gasteiger partial charge is 0.508 e. The van der Waals surface area contributed by atoms with Crippen molar-refractivity contribution in [2.75, 3.05) is 32.7 Å². The normalized spacial score (nSPS) is 12.2. The molecule has 1 aromatic carbocycles. The second-order valence-electron chi connectivity index (χ2n) is 4.87. The van der Waals surface area contributed by atoms with Gasteiger partial charge in [0.1, 0.15) is 5.75 Å². The Labute approximate surface area is 128 Å². The number of phenolic OH excluding ortho intramolecular Hbond substituents is 1. The van der Waals surface area contributed by atoms with Crippen molar-refractivity contribution in [2.24, 2.45) is 0 Å². The summed E-state index contributed by atoms with van der Waals surface area (Å²) in [7, 11) is -3.48. The number of nitrogens with zero attached hydrogens (tertiary/aromatic N) is 2. The molecule has 0 amide bonds. The number of benzene rings is 1. The fraction of sp³-hybridized carbons (Fsp3) is 0.600. The second-order valence-corrected chi connectivity index (χ2v) is 6.81. The average Bonchev–Trinajstić information content (AvgIpc) is 2.48. The molecule has 21 heavy (non-hydrogen) atoms. The summed E-state index contributed by atoms with van der Waals surface area (Å²) in [6.45, 7) is 9.87. The number of rotatable bonds is 9. The Morgan fingerprint density at radius 1 is 0.952 bits per heavy atom. The van der Waals surface area contributed by atoms with E-state index >= 15 is 0 Å². The fourth-order valence-corrected chi connectivity index (χ4v) is 3.71. The lowest BCUT2D eigenvalue weighted by atomic mass is 10.3. The Morgan fingerprint density at radius 2 is 1.52 bits per heavy atom. The van der Waals surface area contributed by atoms with Crippen molar-refractivity contribution >= 4 is 10.0 Å². The van der Waals surface area contributed by atoms with Crippen molar-refractivity contribution < 1.29 is 13.5 Å². The Hall–Kier alpha value is -1.11. The van der Waals surface area contributed by atoms with Gasteiger partial charge in [-0.2, -0.15) is 4.31 Å². The smallest absolute Gasteiger partial charge is 0.243 e. The van der Waals surface area contributed by atoms with Crippen LogP contribution in [0.15, 0.2) is 29.2 Å². The molecule has 0 spiro atoms. The van der Waals surface area contributed by atoms with Gasteiger partial charge in [-0.05, 0) is 50.3 Å². The van der Waals surface area contributed by atoms with Gasteiger partial charge in [0.15, 0.2) is 0 Å². The van der Waals surface area contributed by atoms with Crippen LogP contribution in [0.3, 0.4) is 0 Å². The first-order chi connectivity index (χ1) is 9.95. The molecule has 1 rings (SSSR count). The molecule has 0 bridgehead atoms. The first-order valence-electron chi connectivity index (χ1n) is 7.47. The number of aromatic hydroxyl groups is 1. The lowest BCUT2D eigenvalue weighted by Gasteiger charge is -2.23. The van der Waals surface area contributed by atoms with Gasteiger partial charge < -0.3 is 10.0 Å². The van der Waals surface area contributed by atoms with E-state index in [1.165, 1.54) is 28.6 Å². The minimum Gasteiger partial charge on any atom is -0.508 e. The average molecular weight is 314 g/mol. The molecular weight excluding hydrogens is 288 g/mol. The van der Waals surface area contributed by atoms with E-state index < -0.39 is 10.0 Å². The summed E-state index contributed by atoms with van der Waals surface area (Å²) < 4.78 is 26.5. The zero-order chi connectivity index (χ0) is 15.9. The van der Waals surface area contributed by atoms with E-state index in [1.54, 1.807) is 0 Å². The molecule has 0 aromatic heterocycles. The van der Waals surface area contributed by atoms with E-state index in [2.05, 4.69) is 18.7 Å². The molecule has 0 aliphatic carbocycles. The minimum absolute atomic E-state index is 0.0681. The van der Waals surface area contributed by atoms with Crippen molar-refractivity contribution in [1.82, 2.24) is 9.21 Å². The SMILES string of the molecule is CCN(CC)CCCN(CC)S(=O)(=O)c1ccc(O)cc1. The molecule has 0 aliphatic heterocycles. The molecule has 0 atom stereocenters. The molecule has 0 unspecified atom stereocenters. The van der Waals surface area contributed by atoms with Gasteiger partial charge in [-0.25, -0.2) is 8.42 Å². The van der Waals surface area contributed by atoms with E-state index in [-0.39, 0.29) is 10.6 Å².